The number of rotatable bonds is 4. The maximum absolute atomic E-state index is 13.5. The Hall–Kier alpha value is -3.97. The molecular weight excluding hydrogens is 411 g/mol. The molecule has 0 aliphatic carbocycles. The summed E-state index contributed by atoms with van der Waals surface area (Å²) in [4.78, 5) is 19.8. The molecule has 0 atom stereocenters. The SMILES string of the molecule is O=C(Nc1ccc(-c2cccc(-c3nc4ccc(F)cc4[nH]3)c2)cc1)Nc1ccsc1. The molecule has 5 aromatic rings. The molecule has 0 aliphatic heterocycles. The number of amides is 2. The Morgan fingerprint density at radius 2 is 1.68 bits per heavy atom. The number of aromatic nitrogens is 2. The molecule has 5 nitrogen and oxygen atoms in total. The first kappa shape index (κ1) is 19.0. The molecule has 2 heterocycles. The molecular formula is C24H17FN4OS. The highest BCUT2D eigenvalue weighted by Crippen LogP contribution is 2.27. The van der Waals surface area contributed by atoms with Crippen LogP contribution in [0.15, 0.2) is 83.6 Å². The largest absolute Gasteiger partial charge is 0.338 e. The molecule has 0 spiro atoms. The van der Waals surface area contributed by atoms with Crippen molar-refractivity contribution in [3.05, 3.63) is 89.4 Å². The van der Waals surface area contributed by atoms with Gasteiger partial charge in [-0.2, -0.15) is 11.3 Å². The van der Waals surface area contributed by atoms with Crippen LogP contribution < -0.4 is 10.6 Å². The molecule has 0 fully saturated rings. The first-order valence-electron chi connectivity index (χ1n) is 9.60. The minimum atomic E-state index is -0.297. The van der Waals surface area contributed by atoms with Crippen LogP contribution in [0.3, 0.4) is 0 Å². The zero-order valence-corrected chi connectivity index (χ0v) is 17.0. The minimum absolute atomic E-state index is 0.283. The molecule has 0 saturated carbocycles. The number of aromatic amines is 1. The van der Waals surface area contributed by atoms with E-state index in [0.717, 1.165) is 27.9 Å². The zero-order chi connectivity index (χ0) is 21.2. The highest BCUT2D eigenvalue weighted by molar-refractivity contribution is 7.08. The Morgan fingerprint density at radius 3 is 2.48 bits per heavy atom. The number of hydrogen-bond donors (Lipinski definition) is 3. The standard InChI is InChI=1S/C24H17FN4OS/c25-18-6-9-21-22(13-18)29-23(28-21)17-3-1-2-16(12-17)15-4-7-19(8-5-15)26-24(30)27-20-10-11-31-14-20/h1-14H,(H,28,29)(H2,26,27,30). The van der Waals surface area contributed by atoms with E-state index in [1.807, 2.05) is 65.4 Å². The number of nitrogens with one attached hydrogen (secondary N) is 3. The average Bonchev–Trinajstić information content (AvgIpc) is 3.44. The van der Waals surface area contributed by atoms with Gasteiger partial charge in [0.05, 0.1) is 16.7 Å². The second-order valence-electron chi connectivity index (χ2n) is 7.00. The average molecular weight is 428 g/mol. The van der Waals surface area contributed by atoms with Crippen molar-refractivity contribution in [3.63, 3.8) is 0 Å². The lowest BCUT2D eigenvalue weighted by atomic mass is 10.0. The number of imidazole rings is 1. The number of benzene rings is 3. The lowest BCUT2D eigenvalue weighted by Crippen LogP contribution is -2.18. The number of nitrogens with zero attached hydrogens (tertiary/aromatic N) is 1. The topological polar surface area (TPSA) is 69.8 Å². The highest BCUT2D eigenvalue weighted by atomic mass is 32.1. The summed E-state index contributed by atoms with van der Waals surface area (Å²) in [7, 11) is 0. The molecule has 3 aromatic carbocycles. The Balaban J connectivity index is 1.35. The Labute approximate surface area is 181 Å². The number of halogens is 1. The predicted molar refractivity (Wildman–Crippen MR) is 124 cm³/mol. The van der Waals surface area contributed by atoms with E-state index in [-0.39, 0.29) is 11.8 Å². The van der Waals surface area contributed by atoms with Crippen LogP contribution in [-0.4, -0.2) is 16.0 Å². The van der Waals surface area contributed by atoms with Gasteiger partial charge in [0.2, 0.25) is 0 Å². The molecule has 152 valence electrons. The number of H-pyrrole nitrogens is 1. The van der Waals surface area contributed by atoms with Gasteiger partial charge in [-0.05, 0) is 59.0 Å². The maximum atomic E-state index is 13.5. The van der Waals surface area contributed by atoms with E-state index in [9.17, 15) is 9.18 Å². The second-order valence-corrected chi connectivity index (χ2v) is 7.78. The van der Waals surface area contributed by atoms with Crippen molar-refractivity contribution in [3.8, 4) is 22.5 Å². The van der Waals surface area contributed by atoms with Gasteiger partial charge in [0.1, 0.15) is 11.6 Å². The fourth-order valence-electron chi connectivity index (χ4n) is 3.34. The Bertz CT molecular complexity index is 1360. The van der Waals surface area contributed by atoms with Crippen molar-refractivity contribution >= 4 is 39.8 Å². The monoisotopic (exact) mass is 428 g/mol. The van der Waals surface area contributed by atoms with Crippen LogP contribution >= 0.6 is 11.3 Å². The van der Waals surface area contributed by atoms with E-state index >= 15 is 0 Å². The van der Waals surface area contributed by atoms with Crippen molar-refractivity contribution in [2.24, 2.45) is 0 Å². The summed E-state index contributed by atoms with van der Waals surface area (Å²) in [6, 6.07) is 21.6. The van der Waals surface area contributed by atoms with Crippen molar-refractivity contribution in [2.45, 2.75) is 0 Å². The van der Waals surface area contributed by atoms with Crippen LogP contribution in [0, 0.1) is 5.82 Å². The molecule has 0 radical (unpaired) electrons. The normalized spacial score (nSPS) is 10.9. The number of carbonyl (C=O) groups excluding carboxylic acids is 1. The highest BCUT2D eigenvalue weighted by Gasteiger charge is 2.08. The summed E-state index contributed by atoms with van der Waals surface area (Å²) in [5.74, 6) is 0.389. The van der Waals surface area contributed by atoms with Gasteiger partial charge in [-0.15, -0.1) is 0 Å². The molecule has 0 bridgehead atoms. The van der Waals surface area contributed by atoms with Crippen LogP contribution in [0.2, 0.25) is 0 Å². The van der Waals surface area contributed by atoms with Gasteiger partial charge >= 0.3 is 6.03 Å². The van der Waals surface area contributed by atoms with Gasteiger partial charge in [-0.3, -0.25) is 0 Å². The van der Waals surface area contributed by atoms with E-state index in [0.29, 0.717) is 17.0 Å². The molecule has 3 N–H and O–H groups in total. The summed E-state index contributed by atoms with van der Waals surface area (Å²) in [5.41, 5.74) is 5.78. The number of anilines is 2. The van der Waals surface area contributed by atoms with Gasteiger partial charge in [0, 0.05) is 16.6 Å². The fraction of sp³-hybridized carbons (Fsp3) is 0. The van der Waals surface area contributed by atoms with Crippen LogP contribution in [0.1, 0.15) is 0 Å². The van der Waals surface area contributed by atoms with Gasteiger partial charge in [-0.25, -0.2) is 14.2 Å². The van der Waals surface area contributed by atoms with Crippen molar-refractivity contribution in [1.29, 1.82) is 0 Å². The third-order valence-electron chi connectivity index (χ3n) is 4.84. The quantitative estimate of drug-likeness (QED) is 0.297. The molecule has 0 saturated heterocycles. The smallest absolute Gasteiger partial charge is 0.323 e. The van der Waals surface area contributed by atoms with Crippen molar-refractivity contribution in [2.75, 3.05) is 10.6 Å². The minimum Gasteiger partial charge on any atom is -0.338 e. The Kier molecular flexibility index (Phi) is 4.93. The zero-order valence-electron chi connectivity index (χ0n) is 16.2. The van der Waals surface area contributed by atoms with Crippen LogP contribution in [-0.2, 0) is 0 Å². The first-order chi connectivity index (χ1) is 15.1. The van der Waals surface area contributed by atoms with E-state index < -0.39 is 0 Å². The summed E-state index contributed by atoms with van der Waals surface area (Å²) in [6.45, 7) is 0. The number of carbonyl (C=O) groups is 1. The molecule has 7 heteroatoms. The molecule has 0 unspecified atom stereocenters. The summed E-state index contributed by atoms with van der Waals surface area (Å²) in [5, 5.41) is 9.38. The second kappa shape index (κ2) is 8.04. The predicted octanol–water partition coefficient (Wildman–Crippen LogP) is 6.74. The lowest BCUT2D eigenvalue weighted by molar-refractivity contribution is 0.262. The number of urea groups is 1. The fourth-order valence-corrected chi connectivity index (χ4v) is 3.93. The molecule has 5 rings (SSSR count). The van der Waals surface area contributed by atoms with Crippen LogP contribution in [0.4, 0.5) is 20.6 Å². The summed E-state index contributed by atoms with van der Waals surface area (Å²) < 4.78 is 13.5. The third-order valence-corrected chi connectivity index (χ3v) is 5.52. The number of thiophene rings is 1. The van der Waals surface area contributed by atoms with E-state index in [4.69, 9.17) is 0 Å². The number of fused-ring (bicyclic) bond motifs is 1. The molecule has 0 aliphatic rings. The van der Waals surface area contributed by atoms with Gasteiger partial charge < -0.3 is 15.6 Å². The van der Waals surface area contributed by atoms with Crippen LogP contribution in [0.5, 0.6) is 0 Å². The van der Waals surface area contributed by atoms with Gasteiger partial charge in [-0.1, -0.05) is 30.3 Å². The lowest BCUT2D eigenvalue weighted by Gasteiger charge is -2.08. The van der Waals surface area contributed by atoms with E-state index in [1.54, 1.807) is 6.07 Å². The van der Waals surface area contributed by atoms with E-state index in [1.165, 1.54) is 23.5 Å². The summed E-state index contributed by atoms with van der Waals surface area (Å²) in [6.07, 6.45) is 0. The van der Waals surface area contributed by atoms with E-state index in [2.05, 4.69) is 20.6 Å². The van der Waals surface area contributed by atoms with Crippen LogP contribution in [0.25, 0.3) is 33.5 Å². The first-order valence-corrected chi connectivity index (χ1v) is 10.5. The van der Waals surface area contributed by atoms with Crippen molar-refractivity contribution in [1.82, 2.24) is 9.97 Å². The Morgan fingerprint density at radius 1 is 0.871 bits per heavy atom. The summed E-state index contributed by atoms with van der Waals surface area (Å²) >= 11 is 1.52. The van der Waals surface area contributed by atoms with Crippen molar-refractivity contribution < 1.29 is 9.18 Å². The molecule has 2 amide bonds. The number of hydrogen-bond acceptors (Lipinski definition) is 3. The molecule has 2 aromatic heterocycles. The van der Waals surface area contributed by atoms with Gasteiger partial charge in [0.25, 0.3) is 0 Å². The third kappa shape index (κ3) is 4.17. The van der Waals surface area contributed by atoms with Gasteiger partial charge in [0.15, 0.2) is 0 Å². The molecule has 31 heavy (non-hydrogen) atoms. The maximum Gasteiger partial charge on any atom is 0.323 e.